The Morgan fingerprint density at radius 3 is 2.61 bits per heavy atom. The second kappa shape index (κ2) is 4.75. The van der Waals surface area contributed by atoms with Crippen LogP contribution in [0.5, 0.6) is 0 Å². The number of aromatic carboxylic acids is 1. The number of carboxylic acids is 1. The third kappa shape index (κ3) is 2.24. The van der Waals surface area contributed by atoms with E-state index < -0.39 is 11.9 Å². The molecule has 1 aromatic heterocycles. The van der Waals surface area contributed by atoms with Gasteiger partial charge in [0.15, 0.2) is 5.76 Å². The molecule has 0 atom stereocenters. The van der Waals surface area contributed by atoms with Crippen molar-refractivity contribution in [2.24, 2.45) is 0 Å². The van der Waals surface area contributed by atoms with Crippen molar-refractivity contribution in [2.45, 2.75) is 6.92 Å². The van der Waals surface area contributed by atoms with Crippen LogP contribution in [0.1, 0.15) is 26.5 Å². The van der Waals surface area contributed by atoms with Gasteiger partial charge in [-0.25, -0.2) is 4.79 Å². The van der Waals surface area contributed by atoms with Gasteiger partial charge in [0.2, 0.25) is 0 Å². The van der Waals surface area contributed by atoms with Gasteiger partial charge in [-0.15, -0.1) is 0 Å². The third-order valence-electron chi connectivity index (χ3n) is 2.56. The summed E-state index contributed by atoms with van der Waals surface area (Å²) >= 11 is 0. The van der Waals surface area contributed by atoms with Crippen LogP contribution in [-0.4, -0.2) is 17.0 Å². The number of carbonyl (C=O) groups is 2. The molecule has 0 saturated heterocycles. The molecule has 1 aromatic carbocycles. The molecule has 0 radical (unpaired) electrons. The molecular weight excluding hydrogens is 234 g/mol. The summed E-state index contributed by atoms with van der Waals surface area (Å²) in [5, 5.41) is 11.6. The molecule has 0 aliphatic heterocycles. The molecule has 18 heavy (non-hydrogen) atoms. The van der Waals surface area contributed by atoms with Gasteiger partial charge in [-0.3, -0.25) is 4.79 Å². The Hall–Kier alpha value is -2.56. The zero-order chi connectivity index (χ0) is 13.1. The molecule has 1 amide bonds. The fraction of sp³-hybridized carbons (Fsp3) is 0.0769. The number of benzene rings is 1. The maximum absolute atomic E-state index is 11.8. The fourth-order valence-electron chi connectivity index (χ4n) is 1.59. The summed E-state index contributed by atoms with van der Waals surface area (Å²) in [6.45, 7) is 1.64. The number of hydrogen-bond donors (Lipinski definition) is 2. The first-order valence-corrected chi connectivity index (χ1v) is 5.27. The van der Waals surface area contributed by atoms with Crippen molar-refractivity contribution in [1.29, 1.82) is 0 Å². The summed E-state index contributed by atoms with van der Waals surface area (Å²) in [5.41, 5.74) is 1.12. The van der Waals surface area contributed by atoms with Crippen LogP contribution in [0.25, 0.3) is 0 Å². The fourth-order valence-corrected chi connectivity index (χ4v) is 1.59. The molecule has 92 valence electrons. The predicted molar refractivity (Wildman–Crippen MR) is 64.8 cm³/mol. The van der Waals surface area contributed by atoms with Crippen molar-refractivity contribution in [3.05, 3.63) is 53.5 Å². The van der Waals surface area contributed by atoms with Gasteiger partial charge in [-0.1, -0.05) is 6.07 Å². The molecule has 5 heteroatoms. The van der Waals surface area contributed by atoms with Crippen LogP contribution in [0, 0.1) is 6.92 Å². The highest BCUT2D eigenvalue weighted by Gasteiger charge is 2.14. The molecule has 0 fully saturated rings. The Balaban J connectivity index is 2.27. The van der Waals surface area contributed by atoms with Crippen LogP contribution >= 0.6 is 0 Å². The van der Waals surface area contributed by atoms with Gasteiger partial charge in [0.25, 0.3) is 5.91 Å². The zero-order valence-corrected chi connectivity index (χ0v) is 9.64. The van der Waals surface area contributed by atoms with Gasteiger partial charge < -0.3 is 14.8 Å². The van der Waals surface area contributed by atoms with Crippen molar-refractivity contribution in [2.75, 3.05) is 5.32 Å². The summed E-state index contributed by atoms with van der Waals surface area (Å²) in [6.07, 6.45) is 1.40. The van der Waals surface area contributed by atoms with Crippen LogP contribution in [0.2, 0.25) is 0 Å². The van der Waals surface area contributed by atoms with Crippen LogP contribution < -0.4 is 5.32 Å². The zero-order valence-electron chi connectivity index (χ0n) is 9.64. The second-order valence-corrected chi connectivity index (χ2v) is 3.71. The average Bonchev–Trinajstić information content (AvgIpc) is 2.85. The normalized spacial score (nSPS) is 10.1. The molecule has 0 bridgehead atoms. The summed E-state index contributed by atoms with van der Waals surface area (Å²) < 4.78 is 4.96. The lowest BCUT2D eigenvalue weighted by Gasteiger charge is -2.09. The Bertz CT molecular complexity index is 587. The minimum absolute atomic E-state index is 0.159. The molecular formula is C13H11NO4. The monoisotopic (exact) mass is 245 g/mol. The van der Waals surface area contributed by atoms with Crippen molar-refractivity contribution in [1.82, 2.24) is 0 Å². The number of furan rings is 1. The Morgan fingerprint density at radius 2 is 2.00 bits per heavy atom. The number of carboxylic acid groups (broad SMARTS) is 1. The van der Waals surface area contributed by atoms with E-state index in [1.54, 1.807) is 25.1 Å². The molecule has 2 N–H and O–H groups in total. The minimum atomic E-state index is -1.03. The largest absolute Gasteiger partial charge is 0.478 e. The summed E-state index contributed by atoms with van der Waals surface area (Å²) in [6, 6.07) is 7.85. The molecule has 5 nitrogen and oxygen atoms in total. The van der Waals surface area contributed by atoms with Crippen molar-refractivity contribution in [3.63, 3.8) is 0 Å². The Morgan fingerprint density at radius 1 is 1.22 bits per heavy atom. The highest BCUT2D eigenvalue weighted by molar-refractivity contribution is 6.03. The quantitative estimate of drug-likeness (QED) is 0.870. The lowest BCUT2D eigenvalue weighted by molar-refractivity contribution is 0.0695. The standard InChI is InChI=1S/C13H11NO4/c1-8-9(13(16)17)4-2-5-10(8)14-12(15)11-6-3-7-18-11/h2-7H,1H3,(H,14,15)(H,16,17). The Labute approximate surface area is 103 Å². The molecule has 0 aliphatic rings. The number of anilines is 1. The molecule has 0 unspecified atom stereocenters. The molecule has 0 saturated carbocycles. The van der Waals surface area contributed by atoms with Crippen molar-refractivity contribution >= 4 is 17.6 Å². The number of rotatable bonds is 3. The summed E-state index contributed by atoms with van der Waals surface area (Å²) in [4.78, 5) is 22.7. The van der Waals surface area contributed by atoms with E-state index in [2.05, 4.69) is 5.32 Å². The number of nitrogens with one attached hydrogen (secondary N) is 1. The maximum atomic E-state index is 11.8. The van der Waals surface area contributed by atoms with Crippen LogP contribution in [0.3, 0.4) is 0 Å². The smallest absolute Gasteiger partial charge is 0.336 e. The van der Waals surface area contributed by atoms with Gasteiger partial charge in [0.1, 0.15) is 0 Å². The van der Waals surface area contributed by atoms with Crippen molar-refractivity contribution < 1.29 is 19.1 Å². The topological polar surface area (TPSA) is 79.5 Å². The first-order valence-electron chi connectivity index (χ1n) is 5.27. The van der Waals surface area contributed by atoms with Gasteiger partial charge in [0.05, 0.1) is 11.8 Å². The van der Waals surface area contributed by atoms with E-state index in [4.69, 9.17) is 9.52 Å². The maximum Gasteiger partial charge on any atom is 0.336 e. The lowest BCUT2D eigenvalue weighted by Crippen LogP contribution is -2.13. The van der Waals surface area contributed by atoms with E-state index >= 15 is 0 Å². The molecule has 0 aliphatic carbocycles. The van der Waals surface area contributed by atoms with Crippen LogP contribution in [0.4, 0.5) is 5.69 Å². The van der Waals surface area contributed by atoms with E-state index in [-0.39, 0.29) is 11.3 Å². The number of amides is 1. The third-order valence-corrected chi connectivity index (χ3v) is 2.56. The first kappa shape index (κ1) is 11.9. The van der Waals surface area contributed by atoms with E-state index in [0.29, 0.717) is 11.3 Å². The van der Waals surface area contributed by atoms with Crippen LogP contribution in [-0.2, 0) is 0 Å². The number of carbonyl (C=O) groups excluding carboxylic acids is 1. The molecule has 0 spiro atoms. The molecule has 2 rings (SSSR count). The SMILES string of the molecule is Cc1c(NC(=O)c2ccco2)cccc1C(=O)O. The van der Waals surface area contributed by atoms with Gasteiger partial charge in [-0.2, -0.15) is 0 Å². The van der Waals surface area contributed by atoms with E-state index in [9.17, 15) is 9.59 Å². The predicted octanol–water partition coefficient (Wildman–Crippen LogP) is 2.54. The van der Waals surface area contributed by atoms with Gasteiger partial charge >= 0.3 is 5.97 Å². The second-order valence-electron chi connectivity index (χ2n) is 3.71. The minimum Gasteiger partial charge on any atom is -0.478 e. The summed E-state index contributed by atoms with van der Waals surface area (Å²) in [7, 11) is 0. The lowest BCUT2D eigenvalue weighted by atomic mass is 10.1. The van der Waals surface area contributed by atoms with E-state index in [0.717, 1.165) is 0 Å². The molecule has 1 heterocycles. The van der Waals surface area contributed by atoms with Crippen LogP contribution in [0.15, 0.2) is 41.0 Å². The number of hydrogen-bond acceptors (Lipinski definition) is 3. The van der Waals surface area contributed by atoms with Gasteiger partial charge in [0, 0.05) is 5.69 Å². The molecule has 2 aromatic rings. The van der Waals surface area contributed by atoms with Crippen molar-refractivity contribution in [3.8, 4) is 0 Å². The first-order chi connectivity index (χ1) is 8.59. The van der Waals surface area contributed by atoms with Gasteiger partial charge in [-0.05, 0) is 36.8 Å². The highest BCUT2D eigenvalue weighted by Crippen LogP contribution is 2.19. The highest BCUT2D eigenvalue weighted by atomic mass is 16.4. The Kier molecular flexibility index (Phi) is 3.14. The summed E-state index contributed by atoms with van der Waals surface area (Å²) in [5.74, 6) is -1.26. The van der Waals surface area contributed by atoms with E-state index in [1.165, 1.54) is 18.4 Å². The van der Waals surface area contributed by atoms with E-state index in [1.807, 2.05) is 0 Å². The average molecular weight is 245 g/mol.